The fourth-order valence-corrected chi connectivity index (χ4v) is 6.21. The third-order valence-electron chi connectivity index (χ3n) is 8.13. The Kier molecular flexibility index (Phi) is 6.97. The third-order valence-corrected chi connectivity index (χ3v) is 8.13. The van der Waals surface area contributed by atoms with Crippen molar-refractivity contribution in [2.24, 2.45) is 0 Å². The minimum atomic E-state index is -1.26. The largest absolute Gasteiger partial charge is 0.451 e. The Bertz CT molecular complexity index is 1620. The van der Waals surface area contributed by atoms with E-state index in [0.29, 0.717) is 41.0 Å². The number of carbonyl (C=O) groups is 2. The SMILES string of the molecule is Cc1cc(Oc2ccc(C(=O)N[C@H]3C[C@@]4(c5cc(F)c(F)cc5C)CC[C@H](C(C)(C)O)N4C3=O)cc2C)c(=O)[nH]n1. The number of carbonyl (C=O) groups excluding carboxylic acids is 2. The van der Waals surface area contributed by atoms with Crippen LogP contribution in [-0.4, -0.2) is 49.7 Å². The summed E-state index contributed by atoms with van der Waals surface area (Å²) in [7, 11) is 0. The molecule has 0 unspecified atom stereocenters. The zero-order chi connectivity index (χ0) is 29.9. The van der Waals surface area contributed by atoms with Gasteiger partial charge in [0.25, 0.3) is 5.91 Å². The second-order valence-corrected chi connectivity index (χ2v) is 11.5. The summed E-state index contributed by atoms with van der Waals surface area (Å²) in [6, 6.07) is 6.88. The molecule has 41 heavy (non-hydrogen) atoms. The van der Waals surface area contributed by atoms with E-state index in [1.165, 1.54) is 12.1 Å². The van der Waals surface area contributed by atoms with E-state index in [1.54, 1.807) is 51.7 Å². The summed E-state index contributed by atoms with van der Waals surface area (Å²) in [6.45, 7) is 8.31. The number of aryl methyl sites for hydroxylation is 3. The first kappa shape index (κ1) is 28.4. The summed E-state index contributed by atoms with van der Waals surface area (Å²) in [5.41, 5.74) is -0.393. The maximum atomic E-state index is 14.4. The van der Waals surface area contributed by atoms with Gasteiger partial charge in [0.1, 0.15) is 11.8 Å². The highest BCUT2D eigenvalue weighted by molar-refractivity contribution is 5.99. The van der Waals surface area contributed by atoms with Gasteiger partial charge in [0, 0.05) is 18.1 Å². The van der Waals surface area contributed by atoms with Gasteiger partial charge in [-0.1, -0.05) is 0 Å². The number of halogens is 2. The summed E-state index contributed by atoms with van der Waals surface area (Å²) in [5.74, 6) is -2.46. The van der Waals surface area contributed by atoms with E-state index in [9.17, 15) is 28.3 Å². The molecule has 9 nitrogen and oxygen atoms in total. The Balaban J connectivity index is 1.42. The molecule has 0 radical (unpaired) electrons. The number of benzene rings is 2. The van der Waals surface area contributed by atoms with Crippen molar-refractivity contribution in [1.82, 2.24) is 20.4 Å². The summed E-state index contributed by atoms with van der Waals surface area (Å²) in [6.07, 6.45) is 1.03. The zero-order valence-electron chi connectivity index (χ0n) is 23.5. The van der Waals surface area contributed by atoms with Crippen LogP contribution in [0.3, 0.4) is 0 Å². The highest BCUT2D eigenvalue weighted by atomic mass is 19.2. The van der Waals surface area contributed by atoms with E-state index in [4.69, 9.17) is 4.74 Å². The van der Waals surface area contributed by atoms with Gasteiger partial charge >= 0.3 is 5.56 Å². The van der Waals surface area contributed by atoms with Gasteiger partial charge in [0.2, 0.25) is 5.91 Å². The molecule has 3 aromatic rings. The first-order valence-electron chi connectivity index (χ1n) is 13.4. The van der Waals surface area contributed by atoms with E-state index < -0.39 is 52.2 Å². The number of fused-ring (bicyclic) bond motifs is 1. The molecule has 2 aliphatic heterocycles. The Morgan fingerprint density at radius 2 is 1.80 bits per heavy atom. The number of nitrogens with zero attached hydrogens (tertiary/aromatic N) is 2. The van der Waals surface area contributed by atoms with Crippen LogP contribution in [0.4, 0.5) is 8.78 Å². The zero-order valence-corrected chi connectivity index (χ0v) is 23.5. The molecule has 2 saturated heterocycles. The molecular formula is C30H32F2N4O5. The Hall–Kier alpha value is -4.12. The molecular weight excluding hydrogens is 534 g/mol. The molecule has 3 atom stereocenters. The number of H-pyrrole nitrogens is 1. The van der Waals surface area contributed by atoms with Crippen molar-refractivity contribution in [2.45, 2.75) is 77.1 Å². The molecule has 2 fully saturated rings. The Labute approximate surface area is 235 Å². The summed E-state index contributed by atoms with van der Waals surface area (Å²) in [4.78, 5) is 40.7. The van der Waals surface area contributed by atoms with E-state index in [0.717, 1.165) is 12.1 Å². The molecule has 3 heterocycles. The first-order valence-corrected chi connectivity index (χ1v) is 13.4. The molecule has 5 rings (SSSR count). The lowest BCUT2D eigenvalue weighted by atomic mass is 9.82. The molecule has 0 bridgehead atoms. The predicted molar refractivity (Wildman–Crippen MR) is 146 cm³/mol. The average molecular weight is 567 g/mol. The van der Waals surface area contributed by atoms with E-state index in [-0.39, 0.29) is 17.7 Å². The fraction of sp³-hybridized carbons (Fsp3) is 0.400. The quantitative estimate of drug-likeness (QED) is 0.416. The van der Waals surface area contributed by atoms with Crippen molar-refractivity contribution in [2.75, 3.05) is 0 Å². The monoisotopic (exact) mass is 566 g/mol. The van der Waals surface area contributed by atoms with Crippen molar-refractivity contribution >= 4 is 11.8 Å². The number of nitrogens with one attached hydrogen (secondary N) is 2. The second-order valence-electron chi connectivity index (χ2n) is 11.5. The second kappa shape index (κ2) is 10.1. The van der Waals surface area contributed by atoms with E-state index >= 15 is 0 Å². The molecule has 2 amide bonds. The number of aromatic amines is 1. The molecule has 2 aromatic carbocycles. The van der Waals surface area contributed by atoms with Crippen LogP contribution >= 0.6 is 0 Å². The van der Waals surface area contributed by atoms with Gasteiger partial charge in [-0.2, -0.15) is 5.10 Å². The van der Waals surface area contributed by atoms with Crippen LogP contribution in [-0.2, 0) is 10.3 Å². The maximum absolute atomic E-state index is 14.4. The van der Waals surface area contributed by atoms with Crippen LogP contribution < -0.4 is 15.6 Å². The number of aromatic nitrogens is 2. The first-order chi connectivity index (χ1) is 19.2. The molecule has 216 valence electrons. The molecule has 0 spiro atoms. The van der Waals surface area contributed by atoms with E-state index in [2.05, 4.69) is 15.5 Å². The van der Waals surface area contributed by atoms with E-state index in [1.807, 2.05) is 0 Å². The van der Waals surface area contributed by atoms with Gasteiger partial charge in [-0.15, -0.1) is 0 Å². The van der Waals surface area contributed by atoms with Crippen molar-refractivity contribution in [3.8, 4) is 11.5 Å². The lowest BCUT2D eigenvalue weighted by Crippen LogP contribution is -2.53. The molecule has 2 aliphatic rings. The van der Waals surface area contributed by atoms with Crippen LogP contribution in [0.2, 0.25) is 0 Å². The molecule has 0 saturated carbocycles. The topological polar surface area (TPSA) is 125 Å². The lowest BCUT2D eigenvalue weighted by Gasteiger charge is -2.40. The van der Waals surface area contributed by atoms with Gasteiger partial charge in [0.05, 0.1) is 22.9 Å². The van der Waals surface area contributed by atoms with Crippen LogP contribution in [0, 0.1) is 32.4 Å². The summed E-state index contributed by atoms with van der Waals surface area (Å²) >= 11 is 0. The number of amides is 2. The standard InChI is InChI=1S/C30H32F2N4O5/c1-15-11-20(31)21(32)13-19(15)30-9-8-25(29(4,5)40)36(30)28(39)22(14-30)33-26(37)18-6-7-23(16(2)10-18)41-24-12-17(3)34-35-27(24)38/h6-7,10-13,22,25,40H,8-9,14H2,1-5H3,(H,33,37)(H,35,38)/t22-,25+,30+/m0/s1. The summed E-state index contributed by atoms with van der Waals surface area (Å²) < 4.78 is 34.2. The Morgan fingerprint density at radius 1 is 1.10 bits per heavy atom. The minimum Gasteiger partial charge on any atom is -0.451 e. The lowest BCUT2D eigenvalue weighted by molar-refractivity contribution is -0.138. The van der Waals surface area contributed by atoms with Crippen LogP contribution in [0.25, 0.3) is 0 Å². The number of hydrogen-bond acceptors (Lipinski definition) is 6. The van der Waals surface area contributed by atoms with Crippen molar-refractivity contribution in [3.63, 3.8) is 0 Å². The molecule has 3 N–H and O–H groups in total. The number of aliphatic hydroxyl groups is 1. The Morgan fingerprint density at radius 3 is 2.49 bits per heavy atom. The van der Waals surface area contributed by atoms with Gasteiger partial charge < -0.3 is 20.1 Å². The number of rotatable bonds is 6. The van der Waals surface area contributed by atoms with Crippen LogP contribution in [0.15, 0.2) is 41.2 Å². The maximum Gasteiger partial charge on any atom is 0.307 e. The van der Waals surface area contributed by atoms with Crippen LogP contribution in [0.1, 0.15) is 65.9 Å². The van der Waals surface area contributed by atoms with Crippen molar-refractivity contribution in [1.29, 1.82) is 0 Å². The van der Waals surface area contributed by atoms with Crippen molar-refractivity contribution in [3.05, 3.63) is 86.3 Å². The van der Waals surface area contributed by atoms with Crippen LogP contribution in [0.5, 0.6) is 11.5 Å². The summed E-state index contributed by atoms with van der Waals surface area (Å²) in [5, 5.41) is 19.9. The fourth-order valence-electron chi connectivity index (χ4n) is 6.21. The van der Waals surface area contributed by atoms with Gasteiger partial charge in [-0.05, 0) is 94.5 Å². The number of ether oxygens (including phenoxy) is 1. The number of hydrogen-bond donors (Lipinski definition) is 3. The molecule has 0 aliphatic carbocycles. The molecule has 11 heteroatoms. The third kappa shape index (κ3) is 4.99. The minimum absolute atomic E-state index is 0.0640. The highest BCUT2D eigenvalue weighted by Gasteiger charge is 2.61. The predicted octanol–water partition coefficient (Wildman–Crippen LogP) is 3.93. The van der Waals surface area contributed by atoms with Crippen molar-refractivity contribution < 1.29 is 28.2 Å². The average Bonchev–Trinajstić information content (AvgIpc) is 3.40. The smallest absolute Gasteiger partial charge is 0.307 e. The van der Waals surface area contributed by atoms with Gasteiger partial charge in [-0.3, -0.25) is 14.4 Å². The normalized spacial score (nSPS) is 22.1. The highest BCUT2D eigenvalue weighted by Crippen LogP contribution is 2.53. The molecule has 1 aromatic heterocycles. The van der Waals surface area contributed by atoms with Gasteiger partial charge in [0.15, 0.2) is 17.4 Å². The van der Waals surface area contributed by atoms with Gasteiger partial charge in [-0.25, -0.2) is 13.9 Å².